The average molecular weight is 248 g/mol. The van der Waals surface area contributed by atoms with Crippen LogP contribution < -0.4 is 0 Å². The molecule has 2 unspecified atom stereocenters. The van der Waals surface area contributed by atoms with Crippen LogP contribution in [0.4, 0.5) is 0 Å². The zero-order valence-corrected chi connectivity index (χ0v) is 11.6. The van der Waals surface area contributed by atoms with E-state index < -0.39 is 0 Å². The van der Waals surface area contributed by atoms with Gasteiger partial charge in [0.25, 0.3) is 0 Å². The summed E-state index contributed by atoms with van der Waals surface area (Å²) < 4.78 is 2.41. The first kappa shape index (κ1) is 12.2. The van der Waals surface area contributed by atoms with E-state index in [0.717, 1.165) is 13.1 Å². The standard InChI is InChI=1S/C14H24N4/c1-3-17-8-5-7-12(10-17)14-16-15-13-11(2)6-4-9-18(13)14/h11-12H,3-10H2,1-2H3. The Balaban J connectivity index is 1.84. The van der Waals surface area contributed by atoms with Gasteiger partial charge in [0.1, 0.15) is 11.6 Å². The van der Waals surface area contributed by atoms with E-state index in [1.807, 2.05) is 0 Å². The maximum Gasteiger partial charge on any atom is 0.137 e. The fraction of sp³-hybridized carbons (Fsp3) is 0.857. The van der Waals surface area contributed by atoms with E-state index in [1.165, 1.54) is 50.4 Å². The summed E-state index contributed by atoms with van der Waals surface area (Å²) in [6.45, 7) is 9.25. The van der Waals surface area contributed by atoms with Gasteiger partial charge in [-0.05, 0) is 38.8 Å². The summed E-state index contributed by atoms with van der Waals surface area (Å²) in [5.74, 6) is 3.68. The van der Waals surface area contributed by atoms with Crippen molar-refractivity contribution in [1.29, 1.82) is 0 Å². The smallest absolute Gasteiger partial charge is 0.137 e. The molecule has 0 aromatic carbocycles. The van der Waals surface area contributed by atoms with Crippen molar-refractivity contribution in [2.75, 3.05) is 19.6 Å². The largest absolute Gasteiger partial charge is 0.314 e. The number of rotatable bonds is 2. The molecule has 2 aliphatic rings. The molecule has 1 saturated heterocycles. The van der Waals surface area contributed by atoms with Gasteiger partial charge in [-0.3, -0.25) is 0 Å². The monoisotopic (exact) mass is 248 g/mol. The van der Waals surface area contributed by atoms with Gasteiger partial charge in [-0.2, -0.15) is 0 Å². The van der Waals surface area contributed by atoms with Crippen LogP contribution in [0.2, 0.25) is 0 Å². The fourth-order valence-electron chi connectivity index (χ4n) is 3.46. The summed E-state index contributed by atoms with van der Waals surface area (Å²) in [7, 11) is 0. The van der Waals surface area contributed by atoms with Crippen molar-refractivity contribution >= 4 is 0 Å². The highest BCUT2D eigenvalue weighted by Gasteiger charge is 2.28. The quantitative estimate of drug-likeness (QED) is 0.806. The van der Waals surface area contributed by atoms with Crippen LogP contribution >= 0.6 is 0 Å². The molecule has 4 nitrogen and oxygen atoms in total. The van der Waals surface area contributed by atoms with E-state index >= 15 is 0 Å². The molecular formula is C14H24N4. The van der Waals surface area contributed by atoms with E-state index in [-0.39, 0.29) is 0 Å². The number of hydrogen-bond acceptors (Lipinski definition) is 3. The SMILES string of the molecule is CCN1CCCC(c2nnc3n2CCCC3C)C1. The Morgan fingerprint density at radius 3 is 2.72 bits per heavy atom. The van der Waals surface area contributed by atoms with Gasteiger partial charge < -0.3 is 9.47 Å². The van der Waals surface area contributed by atoms with Crippen LogP contribution in [-0.2, 0) is 6.54 Å². The maximum absolute atomic E-state index is 4.53. The molecule has 100 valence electrons. The first-order chi connectivity index (χ1) is 8.79. The van der Waals surface area contributed by atoms with Crippen LogP contribution in [0.3, 0.4) is 0 Å². The summed E-state index contributed by atoms with van der Waals surface area (Å²) in [6, 6.07) is 0. The average Bonchev–Trinajstić information content (AvgIpc) is 2.84. The molecule has 0 saturated carbocycles. The van der Waals surface area contributed by atoms with Gasteiger partial charge in [0, 0.05) is 24.9 Å². The Morgan fingerprint density at radius 1 is 1.11 bits per heavy atom. The van der Waals surface area contributed by atoms with E-state index in [2.05, 4.69) is 33.5 Å². The molecule has 1 aromatic heterocycles. The second-order valence-electron chi connectivity index (χ2n) is 5.84. The molecule has 3 rings (SSSR count). The van der Waals surface area contributed by atoms with Crippen molar-refractivity contribution in [2.45, 2.75) is 57.9 Å². The van der Waals surface area contributed by atoms with Gasteiger partial charge in [0.2, 0.25) is 0 Å². The summed E-state index contributed by atoms with van der Waals surface area (Å²) in [6.07, 6.45) is 5.13. The van der Waals surface area contributed by atoms with Crippen LogP contribution in [0.1, 0.15) is 63.0 Å². The zero-order valence-electron chi connectivity index (χ0n) is 11.6. The number of fused-ring (bicyclic) bond motifs is 1. The van der Waals surface area contributed by atoms with E-state index in [1.54, 1.807) is 0 Å². The lowest BCUT2D eigenvalue weighted by molar-refractivity contribution is 0.210. The summed E-state index contributed by atoms with van der Waals surface area (Å²) >= 11 is 0. The van der Waals surface area contributed by atoms with E-state index in [0.29, 0.717) is 11.8 Å². The number of nitrogens with zero attached hydrogens (tertiary/aromatic N) is 4. The van der Waals surface area contributed by atoms with Gasteiger partial charge in [-0.1, -0.05) is 13.8 Å². The highest BCUT2D eigenvalue weighted by atomic mass is 15.3. The van der Waals surface area contributed by atoms with Gasteiger partial charge in [0.15, 0.2) is 0 Å². The van der Waals surface area contributed by atoms with Crippen LogP contribution in [0, 0.1) is 0 Å². The molecule has 18 heavy (non-hydrogen) atoms. The van der Waals surface area contributed by atoms with Crippen molar-refractivity contribution in [1.82, 2.24) is 19.7 Å². The number of likely N-dealkylation sites (N-methyl/N-ethyl adjacent to an activating group) is 1. The predicted molar refractivity (Wildman–Crippen MR) is 71.8 cm³/mol. The van der Waals surface area contributed by atoms with Crippen LogP contribution in [0.5, 0.6) is 0 Å². The number of likely N-dealkylation sites (tertiary alicyclic amines) is 1. The minimum absolute atomic E-state index is 0.589. The molecule has 1 aromatic rings. The topological polar surface area (TPSA) is 34.0 Å². The van der Waals surface area contributed by atoms with Crippen LogP contribution in [-0.4, -0.2) is 39.3 Å². The maximum atomic E-state index is 4.53. The molecule has 0 N–H and O–H groups in total. The molecule has 3 heterocycles. The van der Waals surface area contributed by atoms with Crippen molar-refractivity contribution in [2.24, 2.45) is 0 Å². The van der Waals surface area contributed by atoms with Gasteiger partial charge in [0.05, 0.1) is 0 Å². The highest BCUT2D eigenvalue weighted by molar-refractivity contribution is 5.09. The normalized spacial score (nSPS) is 29.2. The minimum Gasteiger partial charge on any atom is -0.314 e. The zero-order chi connectivity index (χ0) is 12.5. The van der Waals surface area contributed by atoms with E-state index in [9.17, 15) is 0 Å². The first-order valence-electron chi connectivity index (χ1n) is 7.45. The summed E-state index contributed by atoms with van der Waals surface area (Å²) in [5, 5.41) is 8.99. The number of piperidine rings is 1. The molecule has 0 spiro atoms. The number of aromatic nitrogens is 3. The Morgan fingerprint density at radius 2 is 1.89 bits per heavy atom. The molecule has 0 aliphatic carbocycles. The molecule has 0 amide bonds. The Bertz CT molecular complexity index is 412. The highest BCUT2D eigenvalue weighted by Crippen LogP contribution is 2.31. The van der Waals surface area contributed by atoms with Gasteiger partial charge in [-0.25, -0.2) is 0 Å². The van der Waals surface area contributed by atoms with E-state index in [4.69, 9.17) is 0 Å². The lowest BCUT2D eigenvalue weighted by Gasteiger charge is -2.32. The molecular weight excluding hydrogens is 224 g/mol. The summed E-state index contributed by atoms with van der Waals surface area (Å²) in [5.41, 5.74) is 0. The Labute approximate surface area is 109 Å². The minimum atomic E-state index is 0.589. The van der Waals surface area contributed by atoms with Gasteiger partial charge >= 0.3 is 0 Å². The third-order valence-corrected chi connectivity index (χ3v) is 4.59. The number of hydrogen-bond donors (Lipinski definition) is 0. The van der Waals surface area contributed by atoms with Crippen molar-refractivity contribution in [3.8, 4) is 0 Å². The van der Waals surface area contributed by atoms with Crippen LogP contribution in [0.25, 0.3) is 0 Å². The Kier molecular flexibility index (Phi) is 3.37. The molecule has 2 atom stereocenters. The lowest BCUT2D eigenvalue weighted by Crippen LogP contribution is -2.35. The molecule has 0 bridgehead atoms. The Hall–Kier alpha value is -0.900. The first-order valence-corrected chi connectivity index (χ1v) is 7.45. The second kappa shape index (κ2) is 5.00. The molecule has 0 radical (unpaired) electrons. The van der Waals surface area contributed by atoms with Gasteiger partial charge in [-0.15, -0.1) is 10.2 Å². The second-order valence-corrected chi connectivity index (χ2v) is 5.84. The third kappa shape index (κ3) is 2.07. The molecule has 4 heteroatoms. The lowest BCUT2D eigenvalue weighted by atomic mass is 9.95. The van der Waals surface area contributed by atoms with Crippen molar-refractivity contribution < 1.29 is 0 Å². The molecule has 2 aliphatic heterocycles. The summed E-state index contributed by atoms with van der Waals surface area (Å²) in [4.78, 5) is 2.54. The van der Waals surface area contributed by atoms with Crippen molar-refractivity contribution in [3.63, 3.8) is 0 Å². The fourth-order valence-corrected chi connectivity index (χ4v) is 3.46. The predicted octanol–water partition coefficient (Wildman–Crippen LogP) is 2.37. The molecule has 1 fully saturated rings. The van der Waals surface area contributed by atoms with Crippen molar-refractivity contribution in [3.05, 3.63) is 11.6 Å². The van der Waals surface area contributed by atoms with Crippen LogP contribution in [0.15, 0.2) is 0 Å². The third-order valence-electron chi connectivity index (χ3n) is 4.59.